The standard InChI is InChI=1S/C23H20N4/c1-2-17-13-15-20(16-14-17)24-23-25-21(18-9-5-3-6-10-18)22(26-27-23)19-11-7-4-8-12-19/h3-16H,2H2,1H3,(H,24,25,27). The summed E-state index contributed by atoms with van der Waals surface area (Å²) in [6.07, 6.45) is 1.02. The molecule has 0 atom stereocenters. The molecule has 0 unspecified atom stereocenters. The van der Waals surface area contributed by atoms with Crippen LogP contribution in [0, 0.1) is 0 Å². The number of anilines is 2. The summed E-state index contributed by atoms with van der Waals surface area (Å²) in [6, 6.07) is 28.4. The van der Waals surface area contributed by atoms with Gasteiger partial charge in [0.05, 0.1) is 0 Å². The molecule has 4 rings (SSSR count). The van der Waals surface area contributed by atoms with E-state index in [1.165, 1.54) is 5.56 Å². The lowest BCUT2D eigenvalue weighted by atomic mass is 10.0. The van der Waals surface area contributed by atoms with Gasteiger partial charge in [-0.05, 0) is 24.1 Å². The third-order valence-corrected chi connectivity index (χ3v) is 4.40. The Hall–Kier alpha value is -3.53. The van der Waals surface area contributed by atoms with Gasteiger partial charge in [-0.3, -0.25) is 0 Å². The Morgan fingerprint density at radius 2 is 1.26 bits per heavy atom. The summed E-state index contributed by atoms with van der Waals surface area (Å²) < 4.78 is 0. The predicted octanol–water partition coefficient (Wildman–Crippen LogP) is 5.51. The molecule has 0 saturated heterocycles. The van der Waals surface area contributed by atoms with Crippen molar-refractivity contribution < 1.29 is 0 Å². The van der Waals surface area contributed by atoms with Crippen molar-refractivity contribution in [1.82, 2.24) is 15.2 Å². The molecule has 3 aromatic carbocycles. The zero-order chi connectivity index (χ0) is 18.5. The molecule has 0 spiro atoms. The van der Waals surface area contributed by atoms with Crippen molar-refractivity contribution in [1.29, 1.82) is 0 Å². The first-order valence-corrected chi connectivity index (χ1v) is 9.05. The van der Waals surface area contributed by atoms with Crippen molar-refractivity contribution in [2.24, 2.45) is 0 Å². The Kier molecular flexibility index (Phi) is 4.88. The molecule has 1 heterocycles. The highest BCUT2D eigenvalue weighted by Crippen LogP contribution is 2.29. The van der Waals surface area contributed by atoms with E-state index in [4.69, 9.17) is 4.98 Å². The van der Waals surface area contributed by atoms with Gasteiger partial charge in [0.1, 0.15) is 11.4 Å². The number of nitrogens with one attached hydrogen (secondary N) is 1. The molecule has 4 nitrogen and oxygen atoms in total. The van der Waals surface area contributed by atoms with Crippen LogP contribution in [0.5, 0.6) is 0 Å². The normalized spacial score (nSPS) is 10.6. The fourth-order valence-electron chi connectivity index (χ4n) is 2.92. The molecular formula is C23H20N4. The quantitative estimate of drug-likeness (QED) is 0.514. The Labute approximate surface area is 159 Å². The molecule has 0 amide bonds. The molecule has 0 fully saturated rings. The number of rotatable bonds is 5. The lowest BCUT2D eigenvalue weighted by Crippen LogP contribution is -2.03. The Morgan fingerprint density at radius 3 is 1.85 bits per heavy atom. The third-order valence-electron chi connectivity index (χ3n) is 4.40. The van der Waals surface area contributed by atoms with Gasteiger partial charge in [-0.25, -0.2) is 4.98 Å². The van der Waals surface area contributed by atoms with Crippen molar-refractivity contribution >= 4 is 11.6 Å². The van der Waals surface area contributed by atoms with E-state index in [9.17, 15) is 0 Å². The number of nitrogens with zero attached hydrogens (tertiary/aromatic N) is 3. The van der Waals surface area contributed by atoms with E-state index < -0.39 is 0 Å². The molecule has 1 aromatic heterocycles. The molecule has 0 bridgehead atoms. The molecule has 132 valence electrons. The molecule has 0 radical (unpaired) electrons. The summed E-state index contributed by atoms with van der Waals surface area (Å²) in [5.41, 5.74) is 5.83. The minimum atomic E-state index is 0.484. The Bertz CT molecular complexity index is 1010. The SMILES string of the molecule is CCc1ccc(Nc2nnc(-c3ccccc3)c(-c3ccccc3)n2)cc1. The molecular weight excluding hydrogens is 332 g/mol. The third kappa shape index (κ3) is 3.85. The Balaban J connectivity index is 1.74. The van der Waals surface area contributed by atoms with Gasteiger partial charge in [-0.15, -0.1) is 10.2 Å². The van der Waals surface area contributed by atoms with E-state index in [2.05, 4.69) is 34.6 Å². The fraction of sp³-hybridized carbons (Fsp3) is 0.0870. The topological polar surface area (TPSA) is 50.7 Å². The zero-order valence-corrected chi connectivity index (χ0v) is 15.1. The van der Waals surface area contributed by atoms with Gasteiger partial charge >= 0.3 is 0 Å². The van der Waals surface area contributed by atoms with Crippen molar-refractivity contribution in [3.05, 3.63) is 90.5 Å². The highest BCUT2D eigenvalue weighted by molar-refractivity contribution is 5.78. The second-order valence-electron chi connectivity index (χ2n) is 6.24. The maximum atomic E-state index is 4.77. The van der Waals surface area contributed by atoms with Crippen molar-refractivity contribution in [2.45, 2.75) is 13.3 Å². The van der Waals surface area contributed by atoms with E-state index in [1.54, 1.807) is 0 Å². The maximum Gasteiger partial charge on any atom is 0.247 e. The van der Waals surface area contributed by atoms with Gasteiger partial charge in [0.15, 0.2) is 0 Å². The Morgan fingerprint density at radius 1 is 0.667 bits per heavy atom. The highest BCUT2D eigenvalue weighted by atomic mass is 15.2. The predicted molar refractivity (Wildman–Crippen MR) is 110 cm³/mol. The smallest absolute Gasteiger partial charge is 0.247 e. The molecule has 0 aliphatic rings. The van der Waals surface area contributed by atoms with E-state index in [-0.39, 0.29) is 0 Å². The number of benzene rings is 3. The van der Waals surface area contributed by atoms with Gasteiger partial charge in [0.25, 0.3) is 0 Å². The molecule has 1 N–H and O–H groups in total. The summed E-state index contributed by atoms with van der Waals surface area (Å²) in [7, 11) is 0. The van der Waals surface area contributed by atoms with Crippen molar-refractivity contribution in [2.75, 3.05) is 5.32 Å². The molecule has 4 aromatic rings. The summed E-state index contributed by atoms with van der Waals surface area (Å²) in [5.74, 6) is 0.484. The lowest BCUT2D eigenvalue weighted by Gasteiger charge is -2.11. The number of aromatic nitrogens is 3. The monoisotopic (exact) mass is 352 g/mol. The van der Waals surface area contributed by atoms with Crippen LogP contribution in [0.25, 0.3) is 22.5 Å². The second-order valence-corrected chi connectivity index (χ2v) is 6.24. The van der Waals surface area contributed by atoms with Crippen LogP contribution in [0.15, 0.2) is 84.9 Å². The van der Waals surface area contributed by atoms with Crippen molar-refractivity contribution in [3.8, 4) is 22.5 Å². The first kappa shape index (κ1) is 16.9. The maximum absolute atomic E-state index is 4.77. The molecule has 0 saturated carbocycles. The van der Waals surface area contributed by atoms with Crippen LogP contribution >= 0.6 is 0 Å². The minimum absolute atomic E-state index is 0.484. The van der Waals surface area contributed by atoms with Crippen LogP contribution in [0.2, 0.25) is 0 Å². The average Bonchev–Trinajstić information content (AvgIpc) is 2.75. The van der Waals surface area contributed by atoms with Crippen LogP contribution in [0.1, 0.15) is 12.5 Å². The van der Waals surface area contributed by atoms with Gasteiger partial charge in [0.2, 0.25) is 5.95 Å². The second kappa shape index (κ2) is 7.79. The molecule has 0 aliphatic carbocycles. The first-order valence-electron chi connectivity index (χ1n) is 9.05. The van der Waals surface area contributed by atoms with Crippen LogP contribution in [-0.4, -0.2) is 15.2 Å². The van der Waals surface area contributed by atoms with Crippen LogP contribution in [0.4, 0.5) is 11.6 Å². The summed E-state index contributed by atoms with van der Waals surface area (Å²) in [5, 5.41) is 12.0. The first-order chi connectivity index (χ1) is 13.3. The van der Waals surface area contributed by atoms with Gasteiger partial charge in [-0.1, -0.05) is 79.7 Å². The van der Waals surface area contributed by atoms with Gasteiger partial charge in [-0.2, -0.15) is 0 Å². The highest BCUT2D eigenvalue weighted by Gasteiger charge is 2.13. The largest absolute Gasteiger partial charge is 0.323 e. The van der Waals surface area contributed by atoms with E-state index in [0.29, 0.717) is 5.95 Å². The van der Waals surface area contributed by atoms with E-state index >= 15 is 0 Å². The molecule has 0 aliphatic heterocycles. The van der Waals surface area contributed by atoms with Crippen LogP contribution in [0.3, 0.4) is 0 Å². The van der Waals surface area contributed by atoms with E-state index in [1.807, 2.05) is 72.8 Å². The van der Waals surface area contributed by atoms with Crippen molar-refractivity contribution in [3.63, 3.8) is 0 Å². The zero-order valence-electron chi connectivity index (χ0n) is 15.1. The molecule has 4 heteroatoms. The van der Waals surface area contributed by atoms with Crippen LogP contribution < -0.4 is 5.32 Å². The average molecular weight is 352 g/mol. The summed E-state index contributed by atoms with van der Waals surface area (Å²) >= 11 is 0. The van der Waals surface area contributed by atoms with Gasteiger partial charge < -0.3 is 5.32 Å². The lowest BCUT2D eigenvalue weighted by molar-refractivity contribution is 0.990. The fourth-order valence-corrected chi connectivity index (χ4v) is 2.92. The van der Waals surface area contributed by atoms with Crippen LogP contribution in [-0.2, 0) is 6.42 Å². The summed E-state index contributed by atoms with van der Waals surface area (Å²) in [4.78, 5) is 4.77. The number of hydrogen-bond acceptors (Lipinski definition) is 4. The summed E-state index contributed by atoms with van der Waals surface area (Å²) in [6.45, 7) is 2.14. The number of aryl methyl sites for hydroxylation is 1. The van der Waals surface area contributed by atoms with E-state index in [0.717, 1.165) is 34.6 Å². The minimum Gasteiger partial charge on any atom is -0.323 e. The molecule has 27 heavy (non-hydrogen) atoms. The van der Waals surface area contributed by atoms with Gasteiger partial charge in [0, 0.05) is 16.8 Å². The number of hydrogen-bond donors (Lipinski definition) is 1.